The molecule has 80 valence electrons. The van der Waals surface area contributed by atoms with Gasteiger partial charge in [-0.2, -0.15) is 0 Å². The summed E-state index contributed by atoms with van der Waals surface area (Å²) in [5.74, 6) is 0. The smallest absolute Gasteiger partial charge is 0.0896 e. The van der Waals surface area contributed by atoms with Gasteiger partial charge in [0.2, 0.25) is 0 Å². The minimum atomic E-state index is 0.794. The highest BCUT2D eigenvalue weighted by molar-refractivity contribution is 7.11. The maximum Gasteiger partial charge on any atom is 0.0896 e. The zero-order chi connectivity index (χ0) is 11.1. The van der Waals surface area contributed by atoms with Crippen molar-refractivity contribution in [2.45, 2.75) is 20.3 Å². The van der Waals surface area contributed by atoms with E-state index in [1.807, 2.05) is 43.5 Å². The van der Waals surface area contributed by atoms with Crippen LogP contribution in [0.3, 0.4) is 0 Å². The number of rotatable bonds is 1. The topological polar surface area (TPSA) is 12.9 Å². The molecule has 0 bridgehead atoms. The molecule has 0 spiro atoms. The predicted molar refractivity (Wildman–Crippen MR) is 67.7 cm³/mol. The zero-order valence-corrected chi connectivity index (χ0v) is 10.5. The molecule has 1 aromatic carbocycles. The Labute approximate surface area is 99.8 Å². The third-order valence-electron chi connectivity index (χ3n) is 1.75. The predicted octanol–water partition coefficient (Wildman–Crippen LogP) is 4.35. The van der Waals surface area contributed by atoms with Crippen molar-refractivity contribution in [1.82, 2.24) is 4.98 Å². The van der Waals surface area contributed by atoms with Gasteiger partial charge in [-0.15, -0.1) is 11.3 Å². The zero-order valence-electron chi connectivity index (χ0n) is 8.90. The molecule has 0 saturated heterocycles. The molecule has 1 heterocycles. The van der Waals surface area contributed by atoms with Crippen LogP contribution in [0.15, 0.2) is 36.5 Å². The standard InChI is InChI=1S/C6H5Cl.C6H9NS/c7-6-4-2-1-3-5-6;1-3-6-4-7-5(2)8-6/h1-5H;4H,3H2,1-2H3. The molecule has 1 aromatic heterocycles. The fraction of sp³-hybridized carbons (Fsp3) is 0.250. The van der Waals surface area contributed by atoms with E-state index >= 15 is 0 Å². The highest BCUT2D eigenvalue weighted by Crippen LogP contribution is 2.10. The van der Waals surface area contributed by atoms with E-state index in [1.54, 1.807) is 11.3 Å². The van der Waals surface area contributed by atoms with Gasteiger partial charge in [-0.05, 0) is 25.5 Å². The number of halogens is 1. The highest BCUT2D eigenvalue weighted by Gasteiger charge is 1.91. The first-order valence-corrected chi connectivity index (χ1v) is 6.03. The van der Waals surface area contributed by atoms with Crippen molar-refractivity contribution >= 4 is 22.9 Å². The number of thiazole rings is 1. The number of hydrogen-bond acceptors (Lipinski definition) is 2. The van der Waals surface area contributed by atoms with Crippen LogP contribution in [0, 0.1) is 6.92 Å². The van der Waals surface area contributed by atoms with Crippen LogP contribution in [0.2, 0.25) is 5.02 Å². The lowest BCUT2D eigenvalue weighted by Crippen LogP contribution is -1.64. The number of aryl methyl sites for hydroxylation is 2. The Hall–Kier alpha value is -0.860. The van der Waals surface area contributed by atoms with Gasteiger partial charge in [0.05, 0.1) is 5.01 Å². The average molecular weight is 240 g/mol. The third kappa shape index (κ3) is 4.96. The van der Waals surface area contributed by atoms with Gasteiger partial charge in [0.1, 0.15) is 0 Å². The minimum Gasteiger partial charge on any atom is -0.250 e. The Morgan fingerprint density at radius 3 is 2.20 bits per heavy atom. The summed E-state index contributed by atoms with van der Waals surface area (Å²) in [6.45, 7) is 4.18. The Morgan fingerprint density at radius 1 is 1.27 bits per heavy atom. The van der Waals surface area contributed by atoms with Gasteiger partial charge in [-0.1, -0.05) is 36.7 Å². The van der Waals surface area contributed by atoms with E-state index < -0.39 is 0 Å². The second-order valence-corrected chi connectivity index (χ2v) is 4.75. The fourth-order valence-electron chi connectivity index (χ4n) is 0.983. The molecule has 0 aliphatic carbocycles. The fourth-order valence-corrected chi connectivity index (χ4v) is 1.86. The number of nitrogens with zero attached hydrogens (tertiary/aromatic N) is 1. The molecular weight excluding hydrogens is 226 g/mol. The van der Waals surface area contributed by atoms with Crippen LogP contribution in [0.5, 0.6) is 0 Å². The van der Waals surface area contributed by atoms with E-state index in [0.29, 0.717) is 0 Å². The molecule has 1 nitrogen and oxygen atoms in total. The van der Waals surface area contributed by atoms with Crippen molar-refractivity contribution < 1.29 is 0 Å². The summed E-state index contributed by atoms with van der Waals surface area (Å²) < 4.78 is 0. The summed E-state index contributed by atoms with van der Waals surface area (Å²) >= 11 is 7.32. The van der Waals surface area contributed by atoms with Crippen LogP contribution in [0.4, 0.5) is 0 Å². The summed E-state index contributed by atoms with van der Waals surface area (Å²) in [6, 6.07) is 9.44. The second-order valence-electron chi connectivity index (χ2n) is 2.99. The van der Waals surface area contributed by atoms with Crippen LogP contribution in [0.1, 0.15) is 16.8 Å². The highest BCUT2D eigenvalue weighted by atomic mass is 35.5. The summed E-state index contributed by atoms with van der Waals surface area (Å²) in [5.41, 5.74) is 0. The molecule has 0 aliphatic rings. The summed E-state index contributed by atoms with van der Waals surface area (Å²) in [6.07, 6.45) is 3.06. The Morgan fingerprint density at radius 2 is 1.93 bits per heavy atom. The summed E-state index contributed by atoms with van der Waals surface area (Å²) in [7, 11) is 0. The van der Waals surface area contributed by atoms with Crippen LogP contribution in [0.25, 0.3) is 0 Å². The molecule has 0 radical (unpaired) electrons. The maximum atomic E-state index is 5.54. The lowest BCUT2D eigenvalue weighted by atomic mass is 10.4. The van der Waals surface area contributed by atoms with Gasteiger partial charge in [0.25, 0.3) is 0 Å². The first-order chi connectivity index (χ1) is 7.22. The molecular formula is C12H14ClNS. The molecule has 0 amide bonds. The van der Waals surface area contributed by atoms with Gasteiger partial charge < -0.3 is 0 Å². The quantitative estimate of drug-likeness (QED) is 0.721. The largest absolute Gasteiger partial charge is 0.250 e. The maximum absolute atomic E-state index is 5.54. The van der Waals surface area contributed by atoms with E-state index in [4.69, 9.17) is 11.6 Å². The Bertz CT molecular complexity index is 384. The van der Waals surface area contributed by atoms with E-state index in [-0.39, 0.29) is 0 Å². The van der Waals surface area contributed by atoms with Crippen LogP contribution in [-0.4, -0.2) is 4.98 Å². The molecule has 15 heavy (non-hydrogen) atoms. The van der Waals surface area contributed by atoms with Gasteiger partial charge in [-0.3, -0.25) is 0 Å². The molecule has 0 N–H and O–H groups in total. The van der Waals surface area contributed by atoms with Crippen molar-refractivity contribution in [1.29, 1.82) is 0 Å². The van der Waals surface area contributed by atoms with Gasteiger partial charge in [0.15, 0.2) is 0 Å². The molecule has 2 rings (SSSR count). The molecule has 2 aromatic rings. The summed E-state index contributed by atoms with van der Waals surface area (Å²) in [5, 5.41) is 1.96. The molecule has 0 saturated carbocycles. The van der Waals surface area contributed by atoms with E-state index in [2.05, 4.69) is 11.9 Å². The van der Waals surface area contributed by atoms with Crippen molar-refractivity contribution in [2.75, 3.05) is 0 Å². The van der Waals surface area contributed by atoms with E-state index in [1.165, 1.54) is 9.88 Å². The first kappa shape index (κ1) is 12.2. The molecule has 0 atom stereocenters. The van der Waals surface area contributed by atoms with Crippen LogP contribution >= 0.6 is 22.9 Å². The Balaban J connectivity index is 0.000000151. The van der Waals surface area contributed by atoms with Crippen molar-refractivity contribution in [3.8, 4) is 0 Å². The number of hydrogen-bond donors (Lipinski definition) is 0. The molecule has 3 heteroatoms. The first-order valence-electron chi connectivity index (χ1n) is 4.84. The normalized spacial score (nSPS) is 9.27. The lowest BCUT2D eigenvalue weighted by molar-refractivity contribution is 1.16. The van der Waals surface area contributed by atoms with Crippen molar-refractivity contribution in [2.24, 2.45) is 0 Å². The van der Waals surface area contributed by atoms with Crippen LogP contribution in [-0.2, 0) is 6.42 Å². The van der Waals surface area contributed by atoms with E-state index in [9.17, 15) is 0 Å². The summed E-state index contributed by atoms with van der Waals surface area (Å²) in [4.78, 5) is 5.48. The van der Waals surface area contributed by atoms with Crippen molar-refractivity contribution in [3.63, 3.8) is 0 Å². The molecule has 0 unspecified atom stereocenters. The van der Waals surface area contributed by atoms with Gasteiger partial charge in [0, 0.05) is 16.1 Å². The average Bonchev–Trinajstić information content (AvgIpc) is 2.66. The van der Waals surface area contributed by atoms with Gasteiger partial charge >= 0.3 is 0 Å². The third-order valence-corrected chi connectivity index (χ3v) is 3.06. The number of benzene rings is 1. The van der Waals surface area contributed by atoms with E-state index in [0.717, 1.165) is 11.4 Å². The van der Waals surface area contributed by atoms with Gasteiger partial charge in [-0.25, -0.2) is 4.98 Å². The van der Waals surface area contributed by atoms with Crippen molar-refractivity contribution in [3.05, 3.63) is 51.4 Å². The monoisotopic (exact) mass is 239 g/mol. The minimum absolute atomic E-state index is 0.794. The Kier molecular flexibility index (Phi) is 5.37. The lowest BCUT2D eigenvalue weighted by Gasteiger charge is -1.80. The second kappa shape index (κ2) is 6.59. The van der Waals surface area contributed by atoms with Crippen LogP contribution < -0.4 is 0 Å². The molecule has 0 aliphatic heterocycles. The molecule has 0 fully saturated rings. The SMILES string of the molecule is CCc1cnc(C)s1.Clc1ccccc1. The number of aromatic nitrogens is 1.